The zero-order valence-corrected chi connectivity index (χ0v) is 15.6. The van der Waals surface area contributed by atoms with Crippen LogP contribution in [0.25, 0.3) is 10.9 Å². The molecule has 0 bridgehead atoms. The summed E-state index contributed by atoms with van der Waals surface area (Å²) >= 11 is 0. The first kappa shape index (κ1) is 18.0. The summed E-state index contributed by atoms with van der Waals surface area (Å²) in [7, 11) is 0. The summed E-state index contributed by atoms with van der Waals surface area (Å²) in [5.41, 5.74) is 4.42. The average molecular weight is 362 g/mol. The molecular weight excluding hydrogens is 336 g/mol. The molecule has 140 valence electrons. The Hall–Kier alpha value is -2.43. The molecule has 1 aliphatic carbocycles. The van der Waals surface area contributed by atoms with E-state index in [9.17, 15) is 0 Å². The van der Waals surface area contributed by atoms with Crippen molar-refractivity contribution in [3.8, 4) is 5.75 Å². The number of hydrogen-bond donors (Lipinski definition) is 1. The Morgan fingerprint density at radius 3 is 2.63 bits per heavy atom. The molecule has 1 saturated carbocycles. The predicted molar refractivity (Wildman–Crippen MR) is 107 cm³/mol. The summed E-state index contributed by atoms with van der Waals surface area (Å²) in [5.74, 6) is 6.79. The maximum Gasteiger partial charge on any atom is 0.130 e. The van der Waals surface area contributed by atoms with Crippen LogP contribution in [-0.2, 0) is 18.1 Å². The molecular formula is C23H26N2O2. The number of aromatic nitrogens is 1. The van der Waals surface area contributed by atoms with Crippen LogP contribution in [0.1, 0.15) is 54.8 Å². The van der Waals surface area contributed by atoms with E-state index in [-0.39, 0.29) is 0 Å². The van der Waals surface area contributed by atoms with Gasteiger partial charge in [0.25, 0.3) is 0 Å². The molecule has 0 saturated heterocycles. The molecule has 1 fully saturated rings. The maximum atomic E-state index is 6.07. The highest BCUT2D eigenvalue weighted by Gasteiger charge is 2.19. The van der Waals surface area contributed by atoms with Gasteiger partial charge in [-0.2, -0.15) is 0 Å². The van der Waals surface area contributed by atoms with Crippen LogP contribution in [0.5, 0.6) is 5.75 Å². The van der Waals surface area contributed by atoms with Gasteiger partial charge in [0.1, 0.15) is 12.4 Å². The molecule has 0 radical (unpaired) electrons. The SMILES string of the molecule is NOCc1ccc(OCc2ccc3ccccc3n2)cc1C1CCCCC1. The third-order valence-electron chi connectivity index (χ3n) is 5.44. The fourth-order valence-corrected chi connectivity index (χ4v) is 4.02. The summed E-state index contributed by atoms with van der Waals surface area (Å²) < 4.78 is 6.07. The molecule has 4 heteroatoms. The van der Waals surface area contributed by atoms with E-state index in [0.717, 1.165) is 22.3 Å². The number of benzene rings is 2. The quantitative estimate of drug-likeness (QED) is 0.608. The van der Waals surface area contributed by atoms with E-state index in [2.05, 4.69) is 29.2 Å². The van der Waals surface area contributed by atoms with Gasteiger partial charge in [0.15, 0.2) is 0 Å². The Bertz CT molecular complexity index is 904. The van der Waals surface area contributed by atoms with Crippen molar-refractivity contribution in [2.75, 3.05) is 0 Å². The van der Waals surface area contributed by atoms with Crippen LogP contribution in [-0.4, -0.2) is 4.98 Å². The minimum atomic E-state index is 0.443. The molecule has 27 heavy (non-hydrogen) atoms. The lowest BCUT2D eigenvalue weighted by Crippen LogP contribution is -2.10. The fourth-order valence-electron chi connectivity index (χ4n) is 4.02. The van der Waals surface area contributed by atoms with E-state index in [1.807, 2.05) is 30.3 Å². The van der Waals surface area contributed by atoms with E-state index in [1.54, 1.807) is 0 Å². The summed E-state index contributed by atoms with van der Waals surface area (Å²) in [6.07, 6.45) is 6.38. The van der Waals surface area contributed by atoms with Gasteiger partial charge in [-0.25, -0.2) is 10.9 Å². The van der Waals surface area contributed by atoms with E-state index in [4.69, 9.17) is 15.5 Å². The maximum absolute atomic E-state index is 6.07. The molecule has 0 amide bonds. The second-order valence-electron chi connectivity index (χ2n) is 7.29. The van der Waals surface area contributed by atoms with E-state index >= 15 is 0 Å². The van der Waals surface area contributed by atoms with Crippen LogP contribution in [0.3, 0.4) is 0 Å². The van der Waals surface area contributed by atoms with Gasteiger partial charge in [0, 0.05) is 5.39 Å². The van der Waals surface area contributed by atoms with Crippen molar-refractivity contribution in [3.63, 3.8) is 0 Å². The summed E-state index contributed by atoms with van der Waals surface area (Å²) in [5, 5.41) is 1.15. The topological polar surface area (TPSA) is 57.4 Å². The van der Waals surface area contributed by atoms with Gasteiger partial charge < -0.3 is 4.74 Å². The van der Waals surface area contributed by atoms with E-state index in [0.29, 0.717) is 19.1 Å². The molecule has 1 aliphatic rings. The van der Waals surface area contributed by atoms with Gasteiger partial charge in [0.2, 0.25) is 0 Å². The summed E-state index contributed by atoms with van der Waals surface area (Å²) in [6, 6.07) is 18.5. The highest BCUT2D eigenvalue weighted by molar-refractivity contribution is 5.78. The number of rotatable bonds is 6. The molecule has 2 N–H and O–H groups in total. The Labute approximate surface area is 160 Å². The Balaban J connectivity index is 1.52. The number of fused-ring (bicyclic) bond motifs is 1. The van der Waals surface area contributed by atoms with Gasteiger partial charge >= 0.3 is 0 Å². The van der Waals surface area contributed by atoms with E-state index < -0.39 is 0 Å². The van der Waals surface area contributed by atoms with Crippen LogP contribution in [0, 0.1) is 0 Å². The molecule has 0 aliphatic heterocycles. The van der Waals surface area contributed by atoms with Crippen molar-refractivity contribution in [3.05, 3.63) is 71.4 Å². The van der Waals surface area contributed by atoms with Crippen molar-refractivity contribution in [2.45, 2.75) is 51.2 Å². The van der Waals surface area contributed by atoms with Gasteiger partial charge in [-0.05, 0) is 54.2 Å². The smallest absolute Gasteiger partial charge is 0.130 e. The summed E-state index contributed by atoms with van der Waals surface area (Å²) in [6.45, 7) is 0.903. The standard InChI is InChI=1S/C23H26N2O2/c24-27-15-19-11-13-21(14-22(19)17-6-2-1-3-7-17)26-16-20-12-10-18-8-4-5-9-23(18)25-20/h4-5,8-14,17H,1-3,6-7,15-16,24H2. The minimum Gasteiger partial charge on any atom is -0.487 e. The lowest BCUT2D eigenvalue weighted by Gasteiger charge is -2.24. The molecule has 0 unspecified atom stereocenters. The molecule has 2 aromatic carbocycles. The monoisotopic (exact) mass is 362 g/mol. The van der Waals surface area contributed by atoms with Crippen LogP contribution >= 0.6 is 0 Å². The number of nitrogens with zero attached hydrogens (tertiary/aromatic N) is 1. The molecule has 1 aromatic heterocycles. The third kappa shape index (κ3) is 4.29. The van der Waals surface area contributed by atoms with Crippen molar-refractivity contribution >= 4 is 10.9 Å². The summed E-state index contributed by atoms with van der Waals surface area (Å²) in [4.78, 5) is 9.61. The lowest BCUT2D eigenvalue weighted by atomic mass is 9.82. The Kier molecular flexibility index (Phi) is 5.66. The average Bonchev–Trinajstić information content (AvgIpc) is 2.73. The number of para-hydroxylation sites is 1. The second kappa shape index (κ2) is 8.51. The number of ether oxygens (including phenoxy) is 1. The molecule has 4 nitrogen and oxygen atoms in total. The first-order chi connectivity index (χ1) is 13.3. The molecule has 0 spiro atoms. The normalized spacial score (nSPS) is 15.1. The molecule has 4 rings (SSSR count). The molecule has 0 atom stereocenters. The third-order valence-corrected chi connectivity index (χ3v) is 5.44. The van der Waals surface area contributed by atoms with Gasteiger partial charge in [-0.1, -0.05) is 49.6 Å². The van der Waals surface area contributed by atoms with Crippen LogP contribution in [0.2, 0.25) is 0 Å². The Morgan fingerprint density at radius 1 is 0.926 bits per heavy atom. The van der Waals surface area contributed by atoms with Crippen molar-refractivity contribution in [1.82, 2.24) is 4.98 Å². The van der Waals surface area contributed by atoms with Crippen molar-refractivity contribution in [1.29, 1.82) is 0 Å². The minimum absolute atomic E-state index is 0.443. The van der Waals surface area contributed by atoms with Crippen LogP contribution in [0.4, 0.5) is 0 Å². The Morgan fingerprint density at radius 2 is 1.78 bits per heavy atom. The van der Waals surface area contributed by atoms with Gasteiger partial charge in [-0.15, -0.1) is 0 Å². The zero-order chi connectivity index (χ0) is 18.5. The molecule has 1 heterocycles. The second-order valence-corrected chi connectivity index (χ2v) is 7.29. The van der Waals surface area contributed by atoms with Gasteiger partial charge in [0.05, 0.1) is 17.8 Å². The highest BCUT2D eigenvalue weighted by atomic mass is 16.6. The number of nitrogens with two attached hydrogens (primary N) is 1. The predicted octanol–water partition coefficient (Wildman–Crippen LogP) is 5.25. The van der Waals surface area contributed by atoms with Crippen LogP contribution in [0.15, 0.2) is 54.6 Å². The number of hydrogen-bond acceptors (Lipinski definition) is 4. The van der Waals surface area contributed by atoms with Crippen molar-refractivity contribution in [2.24, 2.45) is 5.90 Å². The molecule has 3 aromatic rings. The van der Waals surface area contributed by atoms with Gasteiger partial charge in [-0.3, -0.25) is 4.84 Å². The number of pyridine rings is 1. The van der Waals surface area contributed by atoms with Crippen LogP contribution < -0.4 is 10.6 Å². The fraction of sp³-hybridized carbons (Fsp3) is 0.348. The first-order valence-electron chi connectivity index (χ1n) is 9.75. The largest absolute Gasteiger partial charge is 0.487 e. The van der Waals surface area contributed by atoms with E-state index in [1.165, 1.54) is 43.2 Å². The zero-order valence-electron chi connectivity index (χ0n) is 15.6. The first-order valence-corrected chi connectivity index (χ1v) is 9.75. The van der Waals surface area contributed by atoms with Crippen molar-refractivity contribution < 1.29 is 9.57 Å². The lowest BCUT2D eigenvalue weighted by molar-refractivity contribution is 0.123. The highest BCUT2D eigenvalue weighted by Crippen LogP contribution is 2.36.